The maximum absolute atomic E-state index is 12.5. The van der Waals surface area contributed by atoms with Gasteiger partial charge in [0.1, 0.15) is 0 Å². The molecule has 0 saturated heterocycles. The molecule has 1 heterocycles. The standard InChI is InChI=1S/C17H20N4O/c1-13-4-2-5-14(12-13)17(6-7-17)15(22)18-10-11-21-16-19-8-3-9-20-16/h2-5,8-9,12H,6-7,10-11H2,1H3,(H,18,22)(H,19,20,21). The van der Waals surface area contributed by atoms with E-state index in [1.807, 2.05) is 6.07 Å². The summed E-state index contributed by atoms with van der Waals surface area (Å²) in [4.78, 5) is 20.6. The van der Waals surface area contributed by atoms with Crippen LogP contribution in [0.15, 0.2) is 42.7 Å². The second-order valence-electron chi connectivity index (χ2n) is 5.71. The van der Waals surface area contributed by atoms with Gasteiger partial charge >= 0.3 is 0 Å². The lowest BCUT2D eigenvalue weighted by Gasteiger charge is -2.16. The Morgan fingerprint density at radius 3 is 2.64 bits per heavy atom. The monoisotopic (exact) mass is 296 g/mol. The van der Waals surface area contributed by atoms with E-state index in [4.69, 9.17) is 0 Å². The third kappa shape index (κ3) is 3.08. The van der Waals surface area contributed by atoms with E-state index in [1.165, 1.54) is 5.56 Å². The highest BCUT2D eigenvalue weighted by atomic mass is 16.2. The molecule has 1 aliphatic rings. The van der Waals surface area contributed by atoms with Gasteiger partial charge in [-0.3, -0.25) is 4.79 Å². The first-order valence-corrected chi connectivity index (χ1v) is 7.57. The summed E-state index contributed by atoms with van der Waals surface area (Å²) in [5.74, 6) is 0.699. The summed E-state index contributed by atoms with van der Waals surface area (Å²) in [6.07, 6.45) is 5.23. The molecule has 1 aromatic heterocycles. The van der Waals surface area contributed by atoms with E-state index in [9.17, 15) is 4.79 Å². The molecule has 2 N–H and O–H groups in total. The number of nitrogens with zero attached hydrogens (tertiary/aromatic N) is 2. The number of nitrogens with one attached hydrogen (secondary N) is 2. The average Bonchev–Trinajstić information content (AvgIpc) is 3.34. The van der Waals surface area contributed by atoms with Gasteiger partial charge in [-0.2, -0.15) is 0 Å². The molecule has 0 spiro atoms. The van der Waals surface area contributed by atoms with Crippen molar-refractivity contribution in [3.8, 4) is 0 Å². The Bertz CT molecular complexity index is 653. The summed E-state index contributed by atoms with van der Waals surface area (Å²) in [7, 11) is 0. The average molecular weight is 296 g/mol. The van der Waals surface area contributed by atoms with Crippen molar-refractivity contribution in [3.63, 3.8) is 0 Å². The highest BCUT2D eigenvalue weighted by Crippen LogP contribution is 2.48. The smallest absolute Gasteiger partial charge is 0.230 e. The highest BCUT2D eigenvalue weighted by molar-refractivity contribution is 5.91. The van der Waals surface area contributed by atoms with Gasteiger partial charge in [0.05, 0.1) is 5.41 Å². The van der Waals surface area contributed by atoms with Crippen LogP contribution in [-0.4, -0.2) is 29.0 Å². The van der Waals surface area contributed by atoms with Gasteiger partial charge in [0.25, 0.3) is 0 Å². The Labute approximate surface area is 130 Å². The second-order valence-corrected chi connectivity index (χ2v) is 5.71. The van der Waals surface area contributed by atoms with E-state index in [0.717, 1.165) is 18.4 Å². The molecular formula is C17H20N4O. The third-order valence-corrected chi connectivity index (χ3v) is 4.01. The number of hydrogen-bond donors (Lipinski definition) is 2. The van der Waals surface area contributed by atoms with E-state index >= 15 is 0 Å². The first kappa shape index (κ1) is 14.5. The first-order valence-electron chi connectivity index (χ1n) is 7.57. The van der Waals surface area contributed by atoms with Crippen molar-refractivity contribution < 1.29 is 4.79 Å². The van der Waals surface area contributed by atoms with Gasteiger partial charge < -0.3 is 10.6 Å². The van der Waals surface area contributed by atoms with Crippen LogP contribution in [0.5, 0.6) is 0 Å². The number of aryl methyl sites for hydroxylation is 1. The van der Waals surface area contributed by atoms with Crippen LogP contribution in [0.3, 0.4) is 0 Å². The molecule has 2 aromatic rings. The normalized spacial score (nSPS) is 15.1. The van der Waals surface area contributed by atoms with Crippen molar-refractivity contribution in [2.24, 2.45) is 0 Å². The Hall–Kier alpha value is -2.43. The Kier molecular flexibility index (Phi) is 4.04. The number of carbonyl (C=O) groups is 1. The van der Waals surface area contributed by atoms with Crippen LogP contribution in [0.4, 0.5) is 5.95 Å². The Morgan fingerprint density at radius 2 is 1.95 bits per heavy atom. The number of aromatic nitrogens is 2. The molecule has 0 bridgehead atoms. The number of anilines is 1. The first-order chi connectivity index (χ1) is 10.7. The summed E-state index contributed by atoms with van der Waals surface area (Å²) in [5.41, 5.74) is 2.01. The van der Waals surface area contributed by atoms with Crippen LogP contribution < -0.4 is 10.6 Å². The lowest BCUT2D eigenvalue weighted by atomic mass is 9.93. The molecule has 0 aliphatic heterocycles. The van der Waals surface area contributed by atoms with Crippen molar-refractivity contribution in [1.29, 1.82) is 0 Å². The minimum atomic E-state index is -0.310. The van der Waals surface area contributed by atoms with Crippen molar-refractivity contribution in [3.05, 3.63) is 53.9 Å². The Morgan fingerprint density at radius 1 is 1.18 bits per heavy atom. The molecule has 1 aromatic carbocycles. The Balaban J connectivity index is 1.52. The summed E-state index contributed by atoms with van der Waals surface area (Å²) in [6, 6.07) is 10.0. The summed E-state index contributed by atoms with van der Waals surface area (Å²) >= 11 is 0. The molecular weight excluding hydrogens is 276 g/mol. The van der Waals surface area contributed by atoms with Crippen LogP contribution >= 0.6 is 0 Å². The fourth-order valence-corrected chi connectivity index (χ4v) is 2.62. The molecule has 0 atom stereocenters. The predicted octanol–water partition coefficient (Wildman–Crippen LogP) is 2.04. The number of hydrogen-bond acceptors (Lipinski definition) is 4. The van der Waals surface area contributed by atoms with Gasteiger partial charge in [-0.15, -0.1) is 0 Å². The molecule has 1 saturated carbocycles. The van der Waals surface area contributed by atoms with Crippen molar-refractivity contribution in [2.75, 3.05) is 18.4 Å². The zero-order chi connectivity index (χ0) is 15.4. The number of carbonyl (C=O) groups excluding carboxylic acids is 1. The lowest BCUT2D eigenvalue weighted by molar-refractivity contribution is -0.123. The highest BCUT2D eigenvalue weighted by Gasteiger charge is 2.50. The minimum absolute atomic E-state index is 0.119. The van der Waals surface area contributed by atoms with E-state index in [1.54, 1.807) is 18.5 Å². The predicted molar refractivity (Wildman–Crippen MR) is 85.6 cm³/mol. The number of benzene rings is 1. The molecule has 3 rings (SSSR count). The fraction of sp³-hybridized carbons (Fsp3) is 0.353. The maximum Gasteiger partial charge on any atom is 0.230 e. The van der Waals surface area contributed by atoms with Crippen LogP contribution in [0.2, 0.25) is 0 Å². The van der Waals surface area contributed by atoms with Crippen molar-refractivity contribution in [2.45, 2.75) is 25.2 Å². The summed E-state index contributed by atoms with van der Waals surface area (Å²) < 4.78 is 0. The molecule has 5 nitrogen and oxygen atoms in total. The van der Waals surface area contributed by atoms with Crippen LogP contribution in [0, 0.1) is 6.92 Å². The van der Waals surface area contributed by atoms with Gasteiger partial charge in [-0.05, 0) is 31.4 Å². The van der Waals surface area contributed by atoms with E-state index in [2.05, 4.69) is 45.7 Å². The minimum Gasteiger partial charge on any atom is -0.354 e. The lowest BCUT2D eigenvalue weighted by Crippen LogP contribution is -2.37. The third-order valence-electron chi connectivity index (χ3n) is 4.01. The number of amides is 1. The van der Waals surface area contributed by atoms with Gasteiger partial charge in [-0.1, -0.05) is 29.8 Å². The van der Waals surface area contributed by atoms with Gasteiger partial charge in [-0.25, -0.2) is 9.97 Å². The van der Waals surface area contributed by atoms with Crippen LogP contribution in [0.25, 0.3) is 0 Å². The fourth-order valence-electron chi connectivity index (χ4n) is 2.62. The van der Waals surface area contributed by atoms with Gasteiger partial charge in [0, 0.05) is 25.5 Å². The number of rotatable bonds is 6. The molecule has 5 heteroatoms. The molecule has 1 amide bonds. The van der Waals surface area contributed by atoms with Gasteiger partial charge in [0.15, 0.2) is 0 Å². The van der Waals surface area contributed by atoms with Gasteiger partial charge in [0.2, 0.25) is 11.9 Å². The van der Waals surface area contributed by atoms with E-state index in [0.29, 0.717) is 19.0 Å². The van der Waals surface area contributed by atoms with E-state index in [-0.39, 0.29) is 11.3 Å². The van der Waals surface area contributed by atoms with E-state index < -0.39 is 0 Å². The largest absolute Gasteiger partial charge is 0.354 e. The molecule has 1 fully saturated rings. The van der Waals surface area contributed by atoms with Crippen LogP contribution in [-0.2, 0) is 10.2 Å². The SMILES string of the molecule is Cc1cccc(C2(C(=O)NCCNc3ncccn3)CC2)c1. The zero-order valence-corrected chi connectivity index (χ0v) is 12.7. The molecule has 114 valence electrons. The topological polar surface area (TPSA) is 66.9 Å². The van der Waals surface area contributed by atoms with Crippen molar-refractivity contribution in [1.82, 2.24) is 15.3 Å². The van der Waals surface area contributed by atoms with Crippen molar-refractivity contribution >= 4 is 11.9 Å². The molecule has 1 aliphatic carbocycles. The molecule has 0 unspecified atom stereocenters. The summed E-state index contributed by atoms with van der Waals surface area (Å²) in [6.45, 7) is 3.23. The quantitative estimate of drug-likeness (QED) is 0.801. The zero-order valence-electron chi connectivity index (χ0n) is 12.7. The van der Waals surface area contributed by atoms with Crippen LogP contribution in [0.1, 0.15) is 24.0 Å². The maximum atomic E-state index is 12.5. The molecule has 22 heavy (non-hydrogen) atoms. The molecule has 0 radical (unpaired) electrons. The summed E-state index contributed by atoms with van der Waals surface area (Å²) in [5, 5.41) is 6.10. The second kappa shape index (κ2) is 6.13.